The fraction of sp³-hybridized carbons (Fsp3) is 0.500. The van der Waals surface area contributed by atoms with E-state index >= 15 is 0 Å². The van der Waals surface area contributed by atoms with Crippen LogP contribution in [0.2, 0.25) is 0 Å². The molecule has 5 nitrogen and oxygen atoms in total. The summed E-state index contributed by atoms with van der Waals surface area (Å²) in [5, 5.41) is 0. The molecule has 0 aliphatic carbocycles. The van der Waals surface area contributed by atoms with E-state index < -0.39 is 0 Å². The second kappa shape index (κ2) is 8.85. The van der Waals surface area contributed by atoms with Gasteiger partial charge in [0.25, 0.3) is 5.91 Å². The van der Waals surface area contributed by atoms with Crippen LogP contribution < -0.4 is 9.47 Å². The molecule has 1 unspecified atom stereocenters. The number of hydrogen-bond donors (Lipinski definition) is 0. The average Bonchev–Trinajstić information content (AvgIpc) is 2.74. The van der Waals surface area contributed by atoms with E-state index in [1.807, 2.05) is 17.0 Å². The van der Waals surface area contributed by atoms with Gasteiger partial charge in [0.1, 0.15) is 0 Å². The van der Waals surface area contributed by atoms with Crippen molar-refractivity contribution in [3.8, 4) is 11.5 Å². The van der Waals surface area contributed by atoms with E-state index in [1.54, 1.807) is 6.20 Å². The van der Waals surface area contributed by atoms with Crippen molar-refractivity contribution in [1.82, 2.24) is 9.88 Å². The molecule has 0 saturated carbocycles. The SMILES string of the molecule is CCCCOc1cc2c(cc1OCCCC)C1Cc3ncccc3C(=O)N1CC2. The summed E-state index contributed by atoms with van der Waals surface area (Å²) in [6, 6.07) is 8.01. The minimum absolute atomic E-state index is 0.0202. The number of pyridine rings is 1. The van der Waals surface area contributed by atoms with Gasteiger partial charge < -0.3 is 14.4 Å². The first-order chi connectivity index (χ1) is 14.2. The Bertz CT molecular complexity index is 880. The molecule has 0 radical (unpaired) electrons. The van der Waals surface area contributed by atoms with Gasteiger partial charge in [-0.3, -0.25) is 9.78 Å². The Labute approximate surface area is 173 Å². The predicted molar refractivity (Wildman–Crippen MR) is 113 cm³/mol. The molecule has 5 heteroatoms. The highest BCUT2D eigenvalue weighted by Crippen LogP contribution is 2.42. The van der Waals surface area contributed by atoms with Crippen molar-refractivity contribution in [3.63, 3.8) is 0 Å². The maximum atomic E-state index is 13.0. The molecule has 3 heterocycles. The second-order valence-corrected chi connectivity index (χ2v) is 7.87. The molecule has 0 N–H and O–H groups in total. The smallest absolute Gasteiger partial charge is 0.256 e. The summed E-state index contributed by atoms with van der Waals surface area (Å²) in [4.78, 5) is 19.5. The number of carbonyl (C=O) groups is 1. The normalized spacial score (nSPS) is 17.4. The summed E-state index contributed by atoms with van der Waals surface area (Å²) in [6.45, 7) is 6.43. The molecule has 1 aromatic heterocycles. The van der Waals surface area contributed by atoms with E-state index in [0.717, 1.165) is 67.8 Å². The number of hydrogen-bond acceptors (Lipinski definition) is 4. The minimum atomic E-state index is 0.0202. The fourth-order valence-corrected chi connectivity index (χ4v) is 4.18. The summed E-state index contributed by atoms with van der Waals surface area (Å²) < 4.78 is 12.2. The van der Waals surface area contributed by atoms with Crippen LogP contribution in [-0.2, 0) is 12.8 Å². The average molecular weight is 395 g/mol. The number of amides is 1. The van der Waals surface area contributed by atoms with Crippen LogP contribution >= 0.6 is 0 Å². The summed E-state index contributed by atoms with van der Waals surface area (Å²) in [7, 11) is 0. The Kier molecular flexibility index (Phi) is 6.02. The van der Waals surface area contributed by atoms with Crippen LogP contribution in [0.4, 0.5) is 0 Å². The monoisotopic (exact) mass is 394 g/mol. The van der Waals surface area contributed by atoms with Crippen molar-refractivity contribution in [2.45, 2.75) is 58.4 Å². The van der Waals surface area contributed by atoms with E-state index in [-0.39, 0.29) is 11.9 Å². The van der Waals surface area contributed by atoms with Crippen molar-refractivity contribution in [2.75, 3.05) is 19.8 Å². The number of unbranched alkanes of at least 4 members (excludes halogenated alkanes) is 2. The molecule has 4 rings (SSSR count). The van der Waals surface area contributed by atoms with Gasteiger partial charge in [0, 0.05) is 19.2 Å². The number of benzene rings is 1. The Balaban J connectivity index is 1.67. The Morgan fingerprint density at radius 3 is 2.55 bits per heavy atom. The van der Waals surface area contributed by atoms with E-state index in [1.165, 1.54) is 11.1 Å². The van der Waals surface area contributed by atoms with Gasteiger partial charge in [-0.1, -0.05) is 26.7 Å². The first-order valence-corrected chi connectivity index (χ1v) is 10.9. The molecule has 154 valence electrons. The van der Waals surface area contributed by atoms with Gasteiger partial charge >= 0.3 is 0 Å². The third-order valence-corrected chi connectivity index (χ3v) is 5.84. The molecular formula is C24H30N2O3. The number of fused-ring (bicyclic) bond motifs is 4. The van der Waals surface area contributed by atoms with E-state index in [2.05, 4.69) is 31.0 Å². The third-order valence-electron chi connectivity index (χ3n) is 5.84. The van der Waals surface area contributed by atoms with Crippen LogP contribution in [0, 0.1) is 0 Å². The molecule has 0 fully saturated rings. The lowest BCUT2D eigenvalue weighted by molar-refractivity contribution is 0.0628. The fourth-order valence-electron chi connectivity index (χ4n) is 4.18. The van der Waals surface area contributed by atoms with Crippen molar-refractivity contribution in [2.24, 2.45) is 0 Å². The minimum Gasteiger partial charge on any atom is -0.490 e. The molecule has 0 spiro atoms. The molecule has 2 aromatic rings. The molecule has 2 aliphatic rings. The quantitative estimate of drug-likeness (QED) is 0.607. The van der Waals surface area contributed by atoms with E-state index in [0.29, 0.717) is 13.2 Å². The standard InChI is InChI=1S/C24H30N2O3/c1-3-5-12-28-22-14-17-9-11-26-21(19(17)15-23(22)29-13-6-4-2)16-20-18(24(26)27)8-7-10-25-20/h7-8,10,14-15,21H,3-6,9,11-13,16H2,1-2H3. The zero-order valence-corrected chi connectivity index (χ0v) is 17.4. The van der Waals surface area contributed by atoms with Gasteiger partial charge in [-0.05, 0) is 54.7 Å². The molecule has 0 bridgehead atoms. The lowest BCUT2D eigenvalue weighted by Crippen LogP contribution is -2.44. The molecule has 1 aromatic carbocycles. The molecule has 0 saturated heterocycles. The Morgan fingerprint density at radius 2 is 1.83 bits per heavy atom. The molecule has 2 aliphatic heterocycles. The van der Waals surface area contributed by atoms with Crippen LogP contribution in [0.5, 0.6) is 11.5 Å². The van der Waals surface area contributed by atoms with Gasteiger partial charge in [-0.15, -0.1) is 0 Å². The van der Waals surface area contributed by atoms with Crippen LogP contribution in [0.15, 0.2) is 30.5 Å². The Hall–Kier alpha value is -2.56. The van der Waals surface area contributed by atoms with Gasteiger partial charge in [0.2, 0.25) is 0 Å². The topological polar surface area (TPSA) is 51.7 Å². The zero-order chi connectivity index (χ0) is 20.2. The largest absolute Gasteiger partial charge is 0.490 e. The second-order valence-electron chi connectivity index (χ2n) is 7.87. The maximum absolute atomic E-state index is 13.0. The first-order valence-electron chi connectivity index (χ1n) is 10.9. The third kappa shape index (κ3) is 3.96. The van der Waals surface area contributed by atoms with Gasteiger partial charge in [-0.25, -0.2) is 0 Å². The van der Waals surface area contributed by atoms with Crippen LogP contribution in [-0.4, -0.2) is 35.5 Å². The van der Waals surface area contributed by atoms with Crippen LogP contribution in [0.25, 0.3) is 0 Å². The van der Waals surface area contributed by atoms with Gasteiger partial charge in [0.15, 0.2) is 11.5 Å². The highest BCUT2D eigenvalue weighted by molar-refractivity contribution is 5.96. The zero-order valence-electron chi connectivity index (χ0n) is 17.4. The predicted octanol–water partition coefficient (Wildman–Crippen LogP) is 4.74. The molecular weight excluding hydrogens is 364 g/mol. The Morgan fingerprint density at radius 1 is 1.10 bits per heavy atom. The number of ether oxygens (including phenoxy) is 2. The number of nitrogens with zero attached hydrogens (tertiary/aromatic N) is 2. The van der Waals surface area contributed by atoms with Crippen LogP contribution in [0.3, 0.4) is 0 Å². The van der Waals surface area contributed by atoms with Crippen molar-refractivity contribution in [3.05, 3.63) is 52.8 Å². The summed E-state index contributed by atoms with van der Waals surface area (Å²) >= 11 is 0. The van der Waals surface area contributed by atoms with E-state index in [9.17, 15) is 4.79 Å². The summed E-state index contributed by atoms with van der Waals surface area (Å²) in [5.74, 6) is 1.73. The number of carbonyl (C=O) groups excluding carboxylic acids is 1. The molecule has 29 heavy (non-hydrogen) atoms. The number of aromatic nitrogens is 1. The van der Waals surface area contributed by atoms with Gasteiger partial charge in [-0.2, -0.15) is 0 Å². The van der Waals surface area contributed by atoms with Crippen LogP contribution in [0.1, 0.15) is 72.8 Å². The van der Waals surface area contributed by atoms with E-state index in [4.69, 9.17) is 9.47 Å². The lowest BCUT2D eigenvalue weighted by Gasteiger charge is -2.41. The maximum Gasteiger partial charge on any atom is 0.256 e. The highest BCUT2D eigenvalue weighted by Gasteiger charge is 2.38. The van der Waals surface area contributed by atoms with Crippen molar-refractivity contribution in [1.29, 1.82) is 0 Å². The van der Waals surface area contributed by atoms with Gasteiger partial charge in [0.05, 0.1) is 30.5 Å². The summed E-state index contributed by atoms with van der Waals surface area (Å²) in [6.07, 6.45) is 7.59. The molecule has 1 atom stereocenters. The summed E-state index contributed by atoms with van der Waals surface area (Å²) in [5.41, 5.74) is 4.07. The highest BCUT2D eigenvalue weighted by atomic mass is 16.5. The van der Waals surface area contributed by atoms with Crippen molar-refractivity contribution < 1.29 is 14.3 Å². The first kappa shape index (κ1) is 19.7. The molecule has 1 amide bonds. The van der Waals surface area contributed by atoms with Crippen molar-refractivity contribution >= 4 is 5.91 Å². The lowest BCUT2D eigenvalue weighted by atomic mass is 9.85. The number of rotatable bonds is 8.